The Morgan fingerprint density at radius 2 is 1.81 bits per heavy atom. The first-order valence-corrected chi connectivity index (χ1v) is 4.89. The summed E-state index contributed by atoms with van der Waals surface area (Å²) in [5.74, 6) is 0.322. The molecule has 0 saturated carbocycles. The van der Waals surface area contributed by atoms with Crippen LogP contribution in [0.25, 0.3) is 0 Å². The third-order valence-electron chi connectivity index (χ3n) is 1.25. The molecule has 1 heterocycles. The van der Waals surface area contributed by atoms with Crippen LogP contribution < -0.4 is 5.48 Å². The molecule has 0 radical (unpaired) electrons. The van der Waals surface area contributed by atoms with Crippen LogP contribution in [-0.2, 0) is 4.84 Å². The third kappa shape index (κ3) is 10.1. The number of benzene rings is 1. The number of para-hydroxylation sites is 1. The molecular formula is C12H17NO3. The molecule has 0 fully saturated rings. The van der Waals surface area contributed by atoms with Crippen LogP contribution in [0.2, 0.25) is 0 Å². The molecule has 0 amide bonds. The van der Waals surface area contributed by atoms with E-state index in [2.05, 4.69) is 10.3 Å². The lowest BCUT2D eigenvalue weighted by molar-refractivity contribution is 0.172. The SMILES string of the molecule is C1=CNOC=C1.CCO.Oc1ccccc1. The molecule has 88 valence electrons. The predicted molar refractivity (Wildman–Crippen MR) is 63.4 cm³/mol. The number of aliphatic hydroxyl groups is 1. The minimum Gasteiger partial charge on any atom is -0.508 e. The lowest BCUT2D eigenvalue weighted by atomic mass is 10.3. The summed E-state index contributed by atoms with van der Waals surface area (Å²) >= 11 is 0. The molecule has 0 aliphatic carbocycles. The molecule has 2 rings (SSSR count). The van der Waals surface area contributed by atoms with Crippen molar-refractivity contribution in [1.82, 2.24) is 5.48 Å². The number of hydroxylamine groups is 1. The molecule has 0 spiro atoms. The number of nitrogens with one attached hydrogen (secondary N) is 1. The van der Waals surface area contributed by atoms with E-state index >= 15 is 0 Å². The van der Waals surface area contributed by atoms with Gasteiger partial charge in [-0.05, 0) is 31.2 Å². The summed E-state index contributed by atoms with van der Waals surface area (Å²) in [6.07, 6.45) is 6.93. The third-order valence-corrected chi connectivity index (χ3v) is 1.25. The Morgan fingerprint density at radius 3 is 2.00 bits per heavy atom. The lowest BCUT2D eigenvalue weighted by Gasteiger charge is -1.97. The first-order valence-electron chi connectivity index (χ1n) is 4.89. The zero-order valence-electron chi connectivity index (χ0n) is 9.21. The van der Waals surface area contributed by atoms with Crippen molar-refractivity contribution in [3.63, 3.8) is 0 Å². The molecule has 4 nitrogen and oxygen atoms in total. The fourth-order valence-corrected chi connectivity index (χ4v) is 0.686. The summed E-state index contributed by atoms with van der Waals surface area (Å²) < 4.78 is 0. The van der Waals surface area contributed by atoms with Gasteiger partial charge in [0.1, 0.15) is 12.0 Å². The molecule has 1 aromatic carbocycles. The van der Waals surface area contributed by atoms with Crippen molar-refractivity contribution in [2.75, 3.05) is 6.61 Å². The van der Waals surface area contributed by atoms with Crippen molar-refractivity contribution < 1.29 is 15.1 Å². The first kappa shape index (κ1) is 14.1. The molecule has 1 aromatic rings. The number of allylic oxidation sites excluding steroid dienone is 2. The summed E-state index contributed by atoms with van der Waals surface area (Å²) in [4.78, 5) is 4.55. The maximum absolute atomic E-state index is 8.63. The normalized spacial score (nSPS) is 10.9. The van der Waals surface area contributed by atoms with Crippen LogP contribution in [0.3, 0.4) is 0 Å². The van der Waals surface area contributed by atoms with Crippen LogP contribution in [-0.4, -0.2) is 16.8 Å². The molecule has 4 heteroatoms. The summed E-state index contributed by atoms with van der Waals surface area (Å²) in [7, 11) is 0. The van der Waals surface area contributed by atoms with Crippen LogP contribution in [0.5, 0.6) is 5.75 Å². The van der Waals surface area contributed by atoms with E-state index in [0.717, 1.165) is 0 Å². The summed E-state index contributed by atoms with van der Waals surface area (Å²) in [5, 5.41) is 16.2. The average molecular weight is 223 g/mol. The molecule has 16 heavy (non-hydrogen) atoms. The van der Waals surface area contributed by atoms with Crippen LogP contribution in [0.1, 0.15) is 6.92 Å². The summed E-state index contributed by atoms with van der Waals surface area (Å²) in [6, 6.07) is 8.71. The van der Waals surface area contributed by atoms with Gasteiger partial charge in [0.15, 0.2) is 0 Å². The van der Waals surface area contributed by atoms with Crippen molar-refractivity contribution in [1.29, 1.82) is 0 Å². The van der Waals surface area contributed by atoms with E-state index < -0.39 is 0 Å². The largest absolute Gasteiger partial charge is 0.508 e. The van der Waals surface area contributed by atoms with Crippen LogP contribution >= 0.6 is 0 Å². The van der Waals surface area contributed by atoms with E-state index in [9.17, 15) is 0 Å². The molecule has 0 aromatic heterocycles. The maximum Gasteiger partial charge on any atom is 0.119 e. The lowest BCUT2D eigenvalue weighted by Crippen LogP contribution is -2.01. The second kappa shape index (κ2) is 11.1. The highest BCUT2D eigenvalue weighted by Crippen LogP contribution is 2.02. The molecule has 1 aliphatic heterocycles. The minimum atomic E-state index is 0.250. The van der Waals surface area contributed by atoms with Gasteiger partial charge in [-0.15, -0.1) is 0 Å². The number of phenols is 1. The highest BCUT2D eigenvalue weighted by Gasteiger charge is 1.74. The Labute approximate surface area is 95.5 Å². The Morgan fingerprint density at radius 1 is 1.19 bits per heavy atom. The van der Waals surface area contributed by atoms with Crippen molar-refractivity contribution >= 4 is 0 Å². The summed E-state index contributed by atoms with van der Waals surface area (Å²) in [6.45, 7) is 1.93. The minimum absolute atomic E-state index is 0.250. The number of rotatable bonds is 0. The summed E-state index contributed by atoms with van der Waals surface area (Å²) in [5.41, 5.74) is 2.52. The van der Waals surface area contributed by atoms with Gasteiger partial charge in [0.2, 0.25) is 0 Å². The molecule has 0 unspecified atom stereocenters. The Hall–Kier alpha value is -1.94. The number of hydrogen-bond acceptors (Lipinski definition) is 4. The van der Waals surface area contributed by atoms with Gasteiger partial charge in [0.05, 0.1) is 0 Å². The molecule has 0 bridgehead atoms. The Bertz CT molecular complexity index is 284. The van der Waals surface area contributed by atoms with E-state index in [1.165, 1.54) is 0 Å². The second-order valence-electron chi connectivity index (χ2n) is 2.58. The van der Waals surface area contributed by atoms with Crippen molar-refractivity contribution in [2.45, 2.75) is 6.92 Å². The molecular weight excluding hydrogens is 206 g/mol. The van der Waals surface area contributed by atoms with E-state index in [4.69, 9.17) is 10.2 Å². The fourth-order valence-electron chi connectivity index (χ4n) is 0.686. The van der Waals surface area contributed by atoms with Crippen LogP contribution in [0.4, 0.5) is 0 Å². The van der Waals surface area contributed by atoms with E-state index in [0.29, 0.717) is 5.75 Å². The number of phenolic OH excluding ortho intramolecular Hbond substituents is 1. The quantitative estimate of drug-likeness (QED) is 0.629. The topological polar surface area (TPSA) is 61.7 Å². The second-order valence-corrected chi connectivity index (χ2v) is 2.58. The molecule has 0 saturated heterocycles. The van der Waals surface area contributed by atoms with Gasteiger partial charge in [0, 0.05) is 12.8 Å². The first-order chi connectivity index (χ1) is 7.81. The van der Waals surface area contributed by atoms with Gasteiger partial charge < -0.3 is 15.1 Å². The molecule has 1 aliphatic rings. The van der Waals surface area contributed by atoms with Gasteiger partial charge in [-0.3, -0.25) is 0 Å². The van der Waals surface area contributed by atoms with Gasteiger partial charge >= 0.3 is 0 Å². The molecule has 0 atom stereocenters. The van der Waals surface area contributed by atoms with E-state index in [-0.39, 0.29) is 6.61 Å². The van der Waals surface area contributed by atoms with Gasteiger partial charge in [-0.1, -0.05) is 18.2 Å². The number of aliphatic hydroxyl groups excluding tert-OH is 1. The van der Waals surface area contributed by atoms with Crippen LogP contribution in [0, 0.1) is 0 Å². The highest BCUT2D eigenvalue weighted by atomic mass is 16.6. The average Bonchev–Trinajstić information content (AvgIpc) is 2.34. The van der Waals surface area contributed by atoms with Gasteiger partial charge in [0.25, 0.3) is 0 Å². The van der Waals surface area contributed by atoms with Gasteiger partial charge in [-0.25, -0.2) is 5.48 Å². The maximum atomic E-state index is 8.63. The van der Waals surface area contributed by atoms with E-state index in [1.54, 1.807) is 49.7 Å². The zero-order valence-corrected chi connectivity index (χ0v) is 9.21. The monoisotopic (exact) mass is 223 g/mol. The van der Waals surface area contributed by atoms with Crippen LogP contribution in [0.15, 0.2) is 54.9 Å². The smallest absolute Gasteiger partial charge is 0.119 e. The van der Waals surface area contributed by atoms with Crippen molar-refractivity contribution in [3.8, 4) is 5.75 Å². The molecule has 3 N–H and O–H groups in total. The highest BCUT2D eigenvalue weighted by molar-refractivity contribution is 5.18. The standard InChI is InChI=1S/C6H6O.C4H5NO.C2H6O/c7-6-4-2-1-3-5-6;1-2-4-6-5-3-1;1-2-3/h1-5,7H;1-5H;3H,2H2,1H3. The Kier molecular flexibility index (Phi) is 9.79. The Balaban J connectivity index is 0.000000230. The predicted octanol–water partition coefficient (Wildman–Crippen LogP) is 1.94. The van der Waals surface area contributed by atoms with Gasteiger partial charge in [-0.2, -0.15) is 0 Å². The van der Waals surface area contributed by atoms with Crippen molar-refractivity contribution in [2.24, 2.45) is 0 Å². The number of aromatic hydroxyl groups is 1. The fraction of sp³-hybridized carbons (Fsp3) is 0.167. The zero-order chi connectivity index (χ0) is 12.1. The van der Waals surface area contributed by atoms with Crippen molar-refractivity contribution in [3.05, 3.63) is 54.9 Å². The number of hydrogen-bond donors (Lipinski definition) is 3. The van der Waals surface area contributed by atoms with E-state index in [1.807, 2.05) is 12.1 Å².